The predicted octanol–water partition coefficient (Wildman–Crippen LogP) is 1.39. The Morgan fingerprint density at radius 1 is 1.13 bits per heavy atom. The molecule has 1 N–H and O–H groups in total. The summed E-state index contributed by atoms with van der Waals surface area (Å²) in [5.74, 6) is -2.31. The number of piperazine rings is 1. The van der Waals surface area contributed by atoms with Gasteiger partial charge in [0.2, 0.25) is 10.0 Å². The summed E-state index contributed by atoms with van der Waals surface area (Å²) >= 11 is 0. The zero-order valence-corrected chi connectivity index (χ0v) is 13.7. The van der Waals surface area contributed by atoms with Crippen molar-refractivity contribution in [1.29, 1.82) is 0 Å². The fourth-order valence-corrected chi connectivity index (χ4v) is 3.69. The highest BCUT2D eigenvalue weighted by atomic mass is 32.2. The summed E-state index contributed by atoms with van der Waals surface area (Å²) in [7, 11) is -3.91. The highest BCUT2D eigenvalue weighted by Gasteiger charge is 2.30. The molecule has 23 heavy (non-hydrogen) atoms. The monoisotopic (exact) mass is 347 g/mol. The molecular formula is C14H19F2N3O3S. The van der Waals surface area contributed by atoms with Gasteiger partial charge in [0, 0.05) is 32.2 Å². The van der Waals surface area contributed by atoms with Gasteiger partial charge >= 0.3 is 6.03 Å². The van der Waals surface area contributed by atoms with Gasteiger partial charge in [-0.3, -0.25) is 0 Å². The van der Waals surface area contributed by atoms with Gasteiger partial charge in [-0.2, -0.15) is 4.31 Å². The highest BCUT2D eigenvalue weighted by molar-refractivity contribution is 7.89. The number of hydrogen-bond acceptors (Lipinski definition) is 3. The maximum absolute atomic E-state index is 13.2. The van der Waals surface area contributed by atoms with E-state index in [2.05, 4.69) is 5.32 Å². The molecule has 0 bridgehead atoms. The van der Waals surface area contributed by atoms with Crippen molar-refractivity contribution in [3.05, 3.63) is 29.8 Å². The van der Waals surface area contributed by atoms with Gasteiger partial charge in [-0.05, 0) is 32.0 Å². The Kier molecular flexibility index (Phi) is 5.20. The average Bonchev–Trinajstić information content (AvgIpc) is 2.49. The van der Waals surface area contributed by atoms with Gasteiger partial charge < -0.3 is 10.2 Å². The molecule has 0 atom stereocenters. The molecule has 0 spiro atoms. The first-order valence-electron chi connectivity index (χ1n) is 7.22. The number of urea groups is 1. The molecule has 0 saturated carbocycles. The maximum atomic E-state index is 13.2. The van der Waals surface area contributed by atoms with Crippen LogP contribution in [0.2, 0.25) is 0 Å². The molecule has 1 fully saturated rings. The van der Waals surface area contributed by atoms with Crippen LogP contribution in [0, 0.1) is 11.6 Å². The summed E-state index contributed by atoms with van der Waals surface area (Å²) in [6, 6.07) is 2.24. The maximum Gasteiger partial charge on any atom is 0.317 e. The molecule has 1 heterocycles. The fraction of sp³-hybridized carbons (Fsp3) is 0.500. The Balaban J connectivity index is 2.06. The standard InChI is InChI=1S/C14H19F2N3O3S/c1-10(2)17-14(20)18-5-7-19(8-6-18)23(21,22)11-3-4-12(15)13(16)9-11/h3-4,9-10H,5-8H2,1-2H3,(H,17,20). The number of sulfonamides is 1. The lowest BCUT2D eigenvalue weighted by Gasteiger charge is -2.34. The molecule has 6 nitrogen and oxygen atoms in total. The number of amides is 2. The molecule has 1 aromatic rings. The minimum absolute atomic E-state index is 0.00791. The van der Waals surface area contributed by atoms with E-state index in [1.165, 1.54) is 9.21 Å². The molecule has 9 heteroatoms. The molecule has 0 radical (unpaired) electrons. The molecule has 1 saturated heterocycles. The number of benzene rings is 1. The van der Waals surface area contributed by atoms with E-state index in [0.717, 1.165) is 12.1 Å². The first-order chi connectivity index (χ1) is 10.7. The summed E-state index contributed by atoms with van der Waals surface area (Å²) in [4.78, 5) is 13.1. The Morgan fingerprint density at radius 3 is 2.26 bits per heavy atom. The molecule has 1 aliphatic heterocycles. The summed E-state index contributed by atoms with van der Waals surface area (Å²) in [5, 5.41) is 2.74. The number of halogens is 2. The minimum Gasteiger partial charge on any atom is -0.336 e. The lowest BCUT2D eigenvalue weighted by atomic mass is 10.3. The van der Waals surface area contributed by atoms with E-state index in [-0.39, 0.29) is 43.1 Å². The molecule has 0 aromatic heterocycles. The van der Waals surface area contributed by atoms with Crippen LogP contribution in [0.1, 0.15) is 13.8 Å². The zero-order chi connectivity index (χ0) is 17.2. The smallest absolute Gasteiger partial charge is 0.317 e. The van der Waals surface area contributed by atoms with Gasteiger partial charge in [0.1, 0.15) is 0 Å². The zero-order valence-electron chi connectivity index (χ0n) is 12.9. The number of carbonyl (C=O) groups is 1. The van der Waals surface area contributed by atoms with Crippen molar-refractivity contribution in [2.24, 2.45) is 0 Å². The third kappa shape index (κ3) is 3.97. The van der Waals surface area contributed by atoms with E-state index in [9.17, 15) is 22.0 Å². The summed E-state index contributed by atoms with van der Waals surface area (Å²) < 4.78 is 52.2. The molecule has 128 valence electrons. The first kappa shape index (κ1) is 17.6. The van der Waals surface area contributed by atoms with Gasteiger partial charge in [0.05, 0.1) is 4.90 Å². The molecule has 1 aromatic carbocycles. The van der Waals surface area contributed by atoms with Gasteiger partial charge in [-0.1, -0.05) is 0 Å². The summed E-state index contributed by atoms with van der Waals surface area (Å²) in [6.45, 7) is 4.35. The van der Waals surface area contributed by atoms with Crippen molar-refractivity contribution in [2.45, 2.75) is 24.8 Å². The van der Waals surface area contributed by atoms with Crippen LogP contribution in [0.15, 0.2) is 23.1 Å². The minimum atomic E-state index is -3.91. The van der Waals surface area contributed by atoms with Crippen molar-refractivity contribution in [2.75, 3.05) is 26.2 Å². The van der Waals surface area contributed by atoms with Crippen LogP contribution >= 0.6 is 0 Å². The highest BCUT2D eigenvalue weighted by Crippen LogP contribution is 2.20. The van der Waals surface area contributed by atoms with Crippen molar-refractivity contribution >= 4 is 16.1 Å². The average molecular weight is 347 g/mol. The molecule has 2 amide bonds. The molecular weight excluding hydrogens is 328 g/mol. The largest absolute Gasteiger partial charge is 0.336 e. The number of rotatable bonds is 3. The van der Waals surface area contributed by atoms with E-state index >= 15 is 0 Å². The van der Waals surface area contributed by atoms with E-state index < -0.39 is 21.7 Å². The van der Waals surface area contributed by atoms with Gasteiger partial charge in [0.15, 0.2) is 11.6 Å². The number of hydrogen-bond donors (Lipinski definition) is 1. The lowest BCUT2D eigenvalue weighted by Crippen LogP contribution is -2.53. The van der Waals surface area contributed by atoms with Crippen LogP contribution in [0.5, 0.6) is 0 Å². The number of nitrogens with zero attached hydrogens (tertiary/aromatic N) is 2. The second-order valence-electron chi connectivity index (χ2n) is 5.57. The third-order valence-corrected chi connectivity index (χ3v) is 5.36. The predicted molar refractivity (Wildman–Crippen MR) is 80.4 cm³/mol. The quantitative estimate of drug-likeness (QED) is 0.898. The summed E-state index contributed by atoms with van der Waals surface area (Å²) in [6.07, 6.45) is 0. The number of carbonyl (C=O) groups excluding carboxylic acids is 1. The topological polar surface area (TPSA) is 69.7 Å². The van der Waals surface area contributed by atoms with E-state index in [4.69, 9.17) is 0 Å². The van der Waals surface area contributed by atoms with E-state index in [1.54, 1.807) is 0 Å². The SMILES string of the molecule is CC(C)NC(=O)N1CCN(S(=O)(=O)c2ccc(F)c(F)c2)CC1. The Labute approximate surface area is 134 Å². The van der Waals surface area contributed by atoms with Gasteiger partial charge in [-0.15, -0.1) is 0 Å². The lowest BCUT2D eigenvalue weighted by molar-refractivity contribution is 0.170. The Hall–Kier alpha value is -1.74. The van der Waals surface area contributed by atoms with Crippen LogP contribution in [-0.4, -0.2) is 55.9 Å². The normalized spacial score (nSPS) is 16.7. The third-order valence-electron chi connectivity index (χ3n) is 3.47. The van der Waals surface area contributed by atoms with Crippen LogP contribution in [0.4, 0.5) is 13.6 Å². The van der Waals surface area contributed by atoms with Crippen molar-refractivity contribution in [3.63, 3.8) is 0 Å². The number of nitrogens with one attached hydrogen (secondary N) is 1. The molecule has 2 rings (SSSR count). The van der Waals surface area contributed by atoms with Crippen LogP contribution in [0.3, 0.4) is 0 Å². The van der Waals surface area contributed by atoms with Crippen molar-refractivity contribution < 1.29 is 22.0 Å². The second-order valence-corrected chi connectivity index (χ2v) is 7.51. The fourth-order valence-electron chi connectivity index (χ4n) is 2.26. The van der Waals surface area contributed by atoms with Crippen LogP contribution < -0.4 is 5.32 Å². The molecule has 1 aliphatic rings. The molecule has 0 unspecified atom stereocenters. The Morgan fingerprint density at radius 2 is 1.74 bits per heavy atom. The van der Waals surface area contributed by atoms with E-state index in [0.29, 0.717) is 6.07 Å². The van der Waals surface area contributed by atoms with Crippen molar-refractivity contribution in [1.82, 2.24) is 14.5 Å². The molecule has 0 aliphatic carbocycles. The summed E-state index contributed by atoms with van der Waals surface area (Å²) in [5.41, 5.74) is 0. The van der Waals surface area contributed by atoms with E-state index in [1.807, 2.05) is 13.8 Å². The van der Waals surface area contributed by atoms with Crippen molar-refractivity contribution in [3.8, 4) is 0 Å². The van der Waals surface area contributed by atoms with Gasteiger partial charge in [0.25, 0.3) is 0 Å². The Bertz CT molecular complexity index is 687. The second kappa shape index (κ2) is 6.79. The van der Waals surface area contributed by atoms with Gasteiger partial charge in [-0.25, -0.2) is 22.0 Å². The van der Waals surface area contributed by atoms with Crippen LogP contribution in [0.25, 0.3) is 0 Å². The van der Waals surface area contributed by atoms with Crippen LogP contribution in [-0.2, 0) is 10.0 Å². The first-order valence-corrected chi connectivity index (χ1v) is 8.66.